The summed E-state index contributed by atoms with van der Waals surface area (Å²) in [4.78, 5) is 16.5. The molecular weight excluding hydrogens is 378 g/mol. The van der Waals surface area contributed by atoms with Crippen molar-refractivity contribution in [3.63, 3.8) is 0 Å². The first-order valence-corrected chi connectivity index (χ1v) is 10.7. The largest absolute Gasteiger partial charge is 0.490 e. The maximum absolute atomic E-state index is 12.2. The molecule has 0 aromatic heterocycles. The second kappa shape index (κ2) is 7.63. The highest BCUT2D eigenvalue weighted by atomic mass is 32.2. The van der Waals surface area contributed by atoms with E-state index in [1.165, 1.54) is 18.9 Å². The van der Waals surface area contributed by atoms with Crippen LogP contribution < -0.4 is 14.8 Å². The number of carbonyl (C=O) groups excluding carboxylic acids is 1. The number of benzene rings is 2. The van der Waals surface area contributed by atoms with Crippen LogP contribution in [0.5, 0.6) is 5.75 Å². The first kappa shape index (κ1) is 18.5. The van der Waals surface area contributed by atoms with Gasteiger partial charge in [0, 0.05) is 11.3 Å². The van der Waals surface area contributed by atoms with Crippen LogP contribution in [0, 0.1) is 0 Å². The highest BCUT2D eigenvalue weighted by Gasteiger charge is 2.30. The van der Waals surface area contributed by atoms with Gasteiger partial charge in [0.2, 0.25) is 5.91 Å². The molecule has 28 heavy (non-hydrogen) atoms. The van der Waals surface area contributed by atoms with Crippen molar-refractivity contribution in [1.82, 2.24) is 4.72 Å². The molecule has 2 aliphatic rings. The number of ether oxygens (including phenoxy) is 1. The molecule has 1 aliphatic heterocycles. The predicted octanol–water partition coefficient (Wildman–Crippen LogP) is 2.69. The van der Waals surface area contributed by atoms with Crippen LogP contribution in [0.2, 0.25) is 0 Å². The number of aliphatic imine (C=N–C) groups is 1. The summed E-state index contributed by atoms with van der Waals surface area (Å²) in [6.45, 7) is -0.188. The van der Waals surface area contributed by atoms with Crippen molar-refractivity contribution in [2.45, 2.75) is 36.7 Å². The average molecular weight is 399 g/mol. The van der Waals surface area contributed by atoms with Gasteiger partial charge in [-0.1, -0.05) is 12.1 Å². The van der Waals surface area contributed by atoms with E-state index in [2.05, 4.69) is 15.0 Å². The van der Waals surface area contributed by atoms with Gasteiger partial charge in [0.15, 0.2) is 0 Å². The van der Waals surface area contributed by atoms with Gasteiger partial charge in [0.25, 0.3) is 10.0 Å². The molecule has 0 radical (unpaired) electrons. The highest BCUT2D eigenvalue weighted by molar-refractivity contribution is 7.90. The molecule has 2 aromatic rings. The molecular formula is C20H21N3O4S. The standard InChI is InChI=1S/C20H21N3O4S/c24-19(13-21-20-17-7-3-4-8-18(17)28(25,26)23-20)22-14-9-11-16(12-10-14)27-15-5-1-2-6-15/h3-4,7-12,15H,1-2,5-6,13H2,(H,21,23)(H,22,24). The second-order valence-corrected chi connectivity index (χ2v) is 8.51. The fourth-order valence-electron chi connectivity index (χ4n) is 3.42. The summed E-state index contributed by atoms with van der Waals surface area (Å²) in [5.74, 6) is 0.647. The van der Waals surface area contributed by atoms with Gasteiger partial charge in [0.1, 0.15) is 18.1 Å². The molecule has 0 bridgehead atoms. The first-order chi connectivity index (χ1) is 13.5. The van der Waals surface area contributed by atoms with Crippen molar-refractivity contribution in [2.75, 3.05) is 11.9 Å². The predicted molar refractivity (Wildman–Crippen MR) is 106 cm³/mol. The summed E-state index contributed by atoms with van der Waals surface area (Å²) in [6, 6.07) is 13.8. The fourth-order valence-corrected chi connectivity index (χ4v) is 4.67. The van der Waals surface area contributed by atoms with Gasteiger partial charge in [-0.2, -0.15) is 0 Å². The van der Waals surface area contributed by atoms with Crippen LogP contribution in [0.15, 0.2) is 58.4 Å². The lowest BCUT2D eigenvalue weighted by molar-refractivity contribution is -0.114. The minimum Gasteiger partial charge on any atom is -0.490 e. The van der Waals surface area contributed by atoms with Gasteiger partial charge < -0.3 is 10.1 Å². The number of amides is 1. The molecule has 1 saturated carbocycles. The van der Waals surface area contributed by atoms with E-state index in [-0.39, 0.29) is 29.3 Å². The SMILES string of the molecule is O=C(CN=C1NS(=O)(=O)c2ccccc21)Nc1ccc(OC2CCCC2)cc1. The maximum Gasteiger partial charge on any atom is 0.263 e. The maximum atomic E-state index is 12.2. The molecule has 4 rings (SSSR count). The van der Waals surface area contributed by atoms with Gasteiger partial charge in [-0.25, -0.2) is 8.42 Å². The Hall–Kier alpha value is -2.87. The van der Waals surface area contributed by atoms with Gasteiger partial charge in [-0.05, 0) is 62.1 Å². The third kappa shape index (κ3) is 4.01. The Morgan fingerprint density at radius 1 is 1.11 bits per heavy atom. The number of nitrogens with zero attached hydrogens (tertiary/aromatic N) is 1. The van der Waals surface area contributed by atoms with Crippen LogP contribution in [-0.4, -0.2) is 32.8 Å². The Labute approximate surface area is 163 Å². The molecule has 0 unspecified atom stereocenters. The number of hydrogen-bond acceptors (Lipinski definition) is 5. The van der Waals surface area contributed by atoms with Gasteiger partial charge in [-0.15, -0.1) is 0 Å². The van der Waals surface area contributed by atoms with Crippen molar-refractivity contribution in [2.24, 2.45) is 4.99 Å². The van der Waals surface area contributed by atoms with Crippen LogP contribution in [-0.2, 0) is 14.8 Å². The molecule has 0 atom stereocenters. The van der Waals surface area contributed by atoms with Crippen molar-refractivity contribution < 1.29 is 17.9 Å². The zero-order valence-corrected chi connectivity index (χ0v) is 16.0. The molecule has 1 heterocycles. The highest BCUT2D eigenvalue weighted by Crippen LogP contribution is 2.25. The molecule has 146 valence electrons. The molecule has 0 saturated heterocycles. The van der Waals surface area contributed by atoms with E-state index in [4.69, 9.17) is 4.74 Å². The quantitative estimate of drug-likeness (QED) is 0.808. The number of anilines is 1. The van der Waals surface area contributed by atoms with Crippen LogP contribution in [0.1, 0.15) is 31.2 Å². The van der Waals surface area contributed by atoms with E-state index in [1.54, 1.807) is 30.3 Å². The molecule has 7 nitrogen and oxygen atoms in total. The van der Waals surface area contributed by atoms with E-state index in [0.717, 1.165) is 18.6 Å². The molecule has 8 heteroatoms. The van der Waals surface area contributed by atoms with Gasteiger partial charge in [0.05, 0.1) is 11.0 Å². The number of nitrogens with one attached hydrogen (secondary N) is 2. The van der Waals surface area contributed by atoms with Gasteiger partial charge in [-0.3, -0.25) is 14.5 Å². The first-order valence-electron chi connectivity index (χ1n) is 9.24. The van der Waals surface area contributed by atoms with Crippen molar-refractivity contribution >= 4 is 27.5 Å². The van der Waals surface area contributed by atoms with E-state index in [9.17, 15) is 13.2 Å². The third-order valence-electron chi connectivity index (χ3n) is 4.79. The molecule has 1 aliphatic carbocycles. The Morgan fingerprint density at radius 2 is 1.82 bits per heavy atom. The van der Waals surface area contributed by atoms with Crippen LogP contribution in [0.3, 0.4) is 0 Å². The van der Waals surface area contributed by atoms with Crippen LogP contribution >= 0.6 is 0 Å². The number of hydrogen-bond donors (Lipinski definition) is 2. The number of carbonyl (C=O) groups is 1. The number of sulfonamides is 1. The molecule has 1 amide bonds. The smallest absolute Gasteiger partial charge is 0.263 e. The normalized spacial score (nSPS) is 19.2. The van der Waals surface area contributed by atoms with Crippen LogP contribution in [0.25, 0.3) is 0 Å². The van der Waals surface area contributed by atoms with Gasteiger partial charge >= 0.3 is 0 Å². The van der Waals surface area contributed by atoms with Crippen molar-refractivity contribution in [3.05, 3.63) is 54.1 Å². The Kier molecular flexibility index (Phi) is 5.04. The Morgan fingerprint density at radius 3 is 2.57 bits per heavy atom. The Balaban J connectivity index is 1.36. The number of rotatable bonds is 5. The Bertz CT molecular complexity index is 1010. The van der Waals surface area contributed by atoms with E-state index in [1.807, 2.05) is 12.1 Å². The molecule has 2 aromatic carbocycles. The zero-order valence-electron chi connectivity index (χ0n) is 15.2. The number of fused-ring (bicyclic) bond motifs is 1. The monoisotopic (exact) mass is 399 g/mol. The lowest BCUT2D eigenvalue weighted by Gasteiger charge is -2.13. The summed E-state index contributed by atoms with van der Waals surface area (Å²) in [7, 11) is -3.60. The average Bonchev–Trinajstić information content (AvgIpc) is 3.28. The van der Waals surface area contributed by atoms with Crippen molar-refractivity contribution in [3.8, 4) is 5.75 Å². The van der Waals surface area contributed by atoms with Crippen molar-refractivity contribution in [1.29, 1.82) is 0 Å². The molecule has 2 N–H and O–H groups in total. The van der Waals surface area contributed by atoms with E-state index in [0.29, 0.717) is 11.3 Å². The summed E-state index contributed by atoms with van der Waals surface area (Å²) >= 11 is 0. The fraction of sp³-hybridized carbons (Fsp3) is 0.300. The van der Waals surface area contributed by atoms with Crippen LogP contribution in [0.4, 0.5) is 5.69 Å². The summed E-state index contributed by atoms with van der Waals surface area (Å²) in [5.41, 5.74) is 1.11. The third-order valence-corrected chi connectivity index (χ3v) is 6.18. The topological polar surface area (TPSA) is 96.9 Å². The zero-order chi connectivity index (χ0) is 19.6. The summed E-state index contributed by atoms with van der Waals surface area (Å²) < 4.78 is 32.4. The minimum absolute atomic E-state index is 0.173. The lowest BCUT2D eigenvalue weighted by Crippen LogP contribution is -2.24. The summed E-state index contributed by atoms with van der Waals surface area (Å²) in [6.07, 6.45) is 4.88. The lowest BCUT2D eigenvalue weighted by atomic mass is 10.2. The second-order valence-electron chi connectivity index (χ2n) is 6.86. The van der Waals surface area contributed by atoms with E-state index < -0.39 is 10.0 Å². The molecule has 1 fully saturated rings. The minimum atomic E-state index is -3.60. The number of amidine groups is 1. The summed E-state index contributed by atoms with van der Waals surface area (Å²) in [5, 5.41) is 2.75. The van der Waals surface area contributed by atoms with E-state index >= 15 is 0 Å². The molecule has 0 spiro atoms.